The monoisotopic (exact) mass is 566 g/mol. The van der Waals surface area contributed by atoms with Crippen LogP contribution < -0.4 is 31.8 Å². The molecule has 0 aliphatic carbocycles. The fraction of sp³-hybridized carbons (Fsp3) is 0.0789. The first-order valence-electron chi connectivity index (χ1n) is 14.0. The second kappa shape index (κ2) is 12.8. The Kier molecular flexibility index (Phi) is 8.60. The Bertz CT molecular complexity index is 1580. The quantitative estimate of drug-likeness (QED) is 0.141. The van der Waals surface area contributed by atoms with Crippen molar-refractivity contribution in [3.05, 3.63) is 175 Å². The SMILES string of the molecule is CN(C)C(c1ccccc1P(c1ccccc1)c1ccccc1)[c-]1cccc1P(c1ccccc1)c1ccccc1. The van der Waals surface area contributed by atoms with Crippen LogP contribution in [-0.4, -0.2) is 19.0 Å². The van der Waals surface area contributed by atoms with Crippen molar-refractivity contribution >= 4 is 47.7 Å². The van der Waals surface area contributed by atoms with Gasteiger partial charge in [-0.15, -0.1) is 10.9 Å². The van der Waals surface area contributed by atoms with Gasteiger partial charge in [-0.2, -0.15) is 6.07 Å². The van der Waals surface area contributed by atoms with Crippen molar-refractivity contribution in [2.24, 2.45) is 0 Å². The topological polar surface area (TPSA) is 3.24 Å². The molecular weight excluding hydrogens is 532 g/mol. The van der Waals surface area contributed by atoms with Gasteiger partial charge in [0.1, 0.15) is 0 Å². The molecule has 1 unspecified atom stereocenters. The van der Waals surface area contributed by atoms with Crippen molar-refractivity contribution in [3.63, 3.8) is 0 Å². The van der Waals surface area contributed by atoms with Crippen molar-refractivity contribution in [2.75, 3.05) is 14.1 Å². The van der Waals surface area contributed by atoms with Crippen molar-refractivity contribution in [2.45, 2.75) is 6.04 Å². The Labute approximate surface area is 247 Å². The summed E-state index contributed by atoms with van der Waals surface area (Å²) in [5, 5.41) is 8.34. The van der Waals surface area contributed by atoms with E-state index in [0.717, 1.165) is 0 Å². The first-order chi connectivity index (χ1) is 20.2. The zero-order chi connectivity index (χ0) is 28.0. The predicted molar refractivity (Wildman–Crippen MR) is 181 cm³/mol. The van der Waals surface area contributed by atoms with E-state index in [-0.39, 0.29) is 6.04 Å². The first-order valence-corrected chi connectivity index (χ1v) is 16.7. The van der Waals surface area contributed by atoms with Crippen LogP contribution in [0.15, 0.2) is 164 Å². The van der Waals surface area contributed by atoms with Crippen molar-refractivity contribution in [1.29, 1.82) is 0 Å². The average Bonchev–Trinajstić information content (AvgIpc) is 3.49. The Balaban J connectivity index is 1.53. The Morgan fingerprint density at radius 3 is 1.34 bits per heavy atom. The van der Waals surface area contributed by atoms with Crippen LogP contribution in [0.3, 0.4) is 0 Å². The minimum Gasteiger partial charge on any atom is -0.309 e. The zero-order valence-electron chi connectivity index (χ0n) is 23.5. The molecule has 0 aliphatic rings. The molecule has 0 saturated heterocycles. The van der Waals surface area contributed by atoms with Gasteiger partial charge in [0.25, 0.3) is 0 Å². The zero-order valence-corrected chi connectivity index (χ0v) is 25.3. The van der Waals surface area contributed by atoms with Crippen LogP contribution in [0.1, 0.15) is 17.2 Å². The standard InChI is InChI=1S/C38H34NP2/c1-39(2)38(35-27-17-29-37(35)41(32-22-11-5-12-23-32)33-24-13-6-14-25-33)34-26-15-16-28-36(34)40(30-18-7-3-8-19-30)31-20-9-4-10-21-31/h3-29,38H,1-2H3/q-1. The molecule has 0 aromatic heterocycles. The van der Waals surface area contributed by atoms with Crippen molar-refractivity contribution in [1.82, 2.24) is 4.90 Å². The number of hydrogen-bond donors (Lipinski definition) is 0. The summed E-state index contributed by atoms with van der Waals surface area (Å²) in [5.74, 6) is 0. The highest BCUT2D eigenvalue weighted by Crippen LogP contribution is 2.41. The molecule has 0 amide bonds. The van der Waals surface area contributed by atoms with E-state index in [0.29, 0.717) is 0 Å². The summed E-state index contributed by atoms with van der Waals surface area (Å²) < 4.78 is 0. The number of hydrogen-bond acceptors (Lipinski definition) is 1. The molecule has 202 valence electrons. The first kappa shape index (κ1) is 27.4. The molecule has 0 radical (unpaired) electrons. The van der Waals surface area contributed by atoms with Crippen LogP contribution in [0.2, 0.25) is 0 Å². The van der Waals surface area contributed by atoms with E-state index in [2.05, 4.69) is 183 Å². The number of nitrogens with zero attached hydrogens (tertiary/aromatic N) is 1. The summed E-state index contributed by atoms with van der Waals surface area (Å²) in [6.45, 7) is 0. The molecule has 41 heavy (non-hydrogen) atoms. The number of benzene rings is 5. The van der Waals surface area contributed by atoms with Gasteiger partial charge >= 0.3 is 0 Å². The molecular formula is C38H34NP2-. The maximum atomic E-state index is 2.39. The van der Waals surface area contributed by atoms with Gasteiger partial charge in [-0.25, -0.2) is 12.1 Å². The largest absolute Gasteiger partial charge is 0.309 e. The Morgan fingerprint density at radius 2 is 0.878 bits per heavy atom. The molecule has 1 nitrogen and oxygen atoms in total. The molecule has 0 fully saturated rings. The third-order valence-electron chi connectivity index (χ3n) is 7.41. The summed E-state index contributed by atoms with van der Waals surface area (Å²) in [6.07, 6.45) is 0. The van der Waals surface area contributed by atoms with Crippen LogP contribution >= 0.6 is 15.8 Å². The van der Waals surface area contributed by atoms with Crippen LogP contribution in [0.4, 0.5) is 0 Å². The molecule has 1 atom stereocenters. The fourth-order valence-electron chi connectivity index (χ4n) is 5.67. The second-order valence-corrected chi connectivity index (χ2v) is 14.7. The molecule has 0 N–H and O–H groups in total. The molecule has 6 rings (SSSR count). The van der Waals surface area contributed by atoms with Gasteiger partial charge in [0.15, 0.2) is 0 Å². The normalized spacial score (nSPS) is 12.2. The third kappa shape index (κ3) is 5.86. The smallest absolute Gasteiger partial charge is 0.0157 e. The van der Waals surface area contributed by atoms with Crippen LogP contribution in [0.25, 0.3) is 0 Å². The molecule has 6 aromatic carbocycles. The molecule has 0 heterocycles. The van der Waals surface area contributed by atoms with E-state index in [9.17, 15) is 0 Å². The maximum Gasteiger partial charge on any atom is 0.0157 e. The van der Waals surface area contributed by atoms with Crippen molar-refractivity contribution in [3.8, 4) is 0 Å². The van der Waals surface area contributed by atoms with Crippen LogP contribution in [0.5, 0.6) is 0 Å². The molecule has 0 aliphatic heterocycles. The molecule has 0 saturated carbocycles. The highest BCUT2D eigenvalue weighted by molar-refractivity contribution is 7.80. The third-order valence-corrected chi connectivity index (χ3v) is 12.4. The minimum absolute atomic E-state index is 0.117. The summed E-state index contributed by atoms with van der Waals surface area (Å²) in [7, 11) is 3.00. The van der Waals surface area contributed by atoms with Gasteiger partial charge < -0.3 is 4.90 Å². The average molecular weight is 567 g/mol. The van der Waals surface area contributed by atoms with Gasteiger partial charge in [-0.05, 0) is 62.0 Å². The highest BCUT2D eigenvalue weighted by Gasteiger charge is 2.26. The molecule has 3 heteroatoms. The lowest BCUT2D eigenvalue weighted by molar-refractivity contribution is 0.345. The second-order valence-electron chi connectivity index (χ2n) is 10.3. The van der Waals surface area contributed by atoms with Gasteiger partial charge in [-0.3, -0.25) is 0 Å². The lowest BCUT2D eigenvalue weighted by Crippen LogP contribution is -2.32. The Hall–Kier alpha value is -3.73. The van der Waals surface area contributed by atoms with Crippen molar-refractivity contribution < 1.29 is 0 Å². The van der Waals surface area contributed by atoms with E-state index in [1.807, 2.05) is 0 Å². The summed E-state index contributed by atoms with van der Waals surface area (Å²) in [4.78, 5) is 2.39. The van der Waals surface area contributed by atoms with E-state index in [1.165, 1.54) is 43.0 Å². The van der Waals surface area contributed by atoms with Crippen LogP contribution in [0, 0.1) is 0 Å². The van der Waals surface area contributed by atoms with E-state index >= 15 is 0 Å². The van der Waals surface area contributed by atoms with Gasteiger partial charge in [0.05, 0.1) is 0 Å². The molecule has 0 bridgehead atoms. The summed E-state index contributed by atoms with van der Waals surface area (Å²) in [5.41, 5.74) is 2.76. The van der Waals surface area contributed by atoms with E-state index in [4.69, 9.17) is 0 Å². The van der Waals surface area contributed by atoms with Gasteiger partial charge in [0.2, 0.25) is 0 Å². The predicted octanol–water partition coefficient (Wildman–Crippen LogP) is 6.57. The summed E-state index contributed by atoms with van der Waals surface area (Å²) in [6, 6.07) is 60.3. The maximum absolute atomic E-state index is 2.39. The lowest BCUT2D eigenvalue weighted by Gasteiger charge is -2.35. The molecule has 0 spiro atoms. The van der Waals surface area contributed by atoms with Crippen LogP contribution in [-0.2, 0) is 0 Å². The minimum atomic E-state index is -0.734. The number of rotatable bonds is 9. The highest BCUT2D eigenvalue weighted by atomic mass is 31.1. The van der Waals surface area contributed by atoms with E-state index < -0.39 is 15.8 Å². The fourth-order valence-corrected chi connectivity index (χ4v) is 10.6. The molecule has 6 aromatic rings. The van der Waals surface area contributed by atoms with E-state index in [1.54, 1.807) is 0 Å². The Morgan fingerprint density at radius 1 is 0.463 bits per heavy atom. The van der Waals surface area contributed by atoms with Gasteiger partial charge in [-0.1, -0.05) is 146 Å². The summed E-state index contributed by atoms with van der Waals surface area (Å²) >= 11 is 0. The van der Waals surface area contributed by atoms with Gasteiger partial charge in [0, 0.05) is 6.04 Å². The lowest BCUT2D eigenvalue weighted by atomic mass is 10.00.